The van der Waals surface area contributed by atoms with Crippen LogP contribution in [0.1, 0.15) is 12.5 Å². The van der Waals surface area contributed by atoms with E-state index < -0.39 is 15.0 Å². The summed E-state index contributed by atoms with van der Waals surface area (Å²) in [5.41, 5.74) is 0.469. The van der Waals surface area contributed by atoms with Crippen molar-refractivity contribution < 1.29 is 27.4 Å². The highest BCUT2D eigenvalue weighted by molar-refractivity contribution is 8.13. The number of methoxy groups -OCH3 is 1. The number of carbonyl (C=O) groups is 1. The van der Waals surface area contributed by atoms with Crippen LogP contribution in [0.3, 0.4) is 0 Å². The van der Waals surface area contributed by atoms with Crippen molar-refractivity contribution in [2.24, 2.45) is 0 Å². The molecule has 21 heavy (non-hydrogen) atoms. The molecule has 1 aromatic carbocycles. The number of benzene rings is 1. The molecule has 118 valence electrons. The molecule has 0 saturated carbocycles. The van der Waals surface area contributed by atoms with Gasteiger partial charge in [0.25, 0.3) is 9.05 Å². The molecule has 0 N–H and O–H groups in total. The quantitative estimate of drug-likeness (QED) is 0.409. The molecule has 0 saturated heterocycles. The maximum absolute atomic E-state index is 11.6. The zero-order chi connectivity index (χ0) is 15.9. The Morgan fingerprint density at radius 1 is 1.29 bits per heavy atom. The average Bonchev–Trinajstić information content (AvgIpc) is 2.42. The molecule has 0 fully saturated rings. The van der Waals surface area contributed by atoms with Crippen LogP contribution in [-0.2, 0) is 29.7 Å². The second kappa shape index (κ2) is 8.21. The van der Waals surface area contributed by atoms with Crippen LogP contribution < -0.4 is 4.74 Å². The predicted molar refractivity (Wildman–Crippen MR) is 77.2 cm³/mol. The number of hydrogen-bond acceptors (Lipinski definition) is 6. The molecular weight excluding hydrogens is 320 g/mol. The molecule has 1 rings (SSSR count). The number of rotatable bonds is 8. The number of halogens is 1. The van der Waals surface area contributed by atoms with E-state index in [0.29, 0.717) is 18.8 Å². The fourth-order valence-corrected chi connectivity index (χ4v) is 2.64. The minimum atomic E-state index is -3.95. The monoisotopic (exact) mass is 336 g/mol. The third-order valence-electron chi connectivity index (χ3n) is 2.53. The van der Waals surface area contributed by atoms with Gasteiger partial charge in [-0.15, -0.1) is 0 Å². The lowest BCUT2D eigenvalue weighted by Crippen LogP contribution is -2.13. The molecule has 0 radical (unpaired) electrons. The number of hydrogen-bond donors (Lipinski definition) is 0. The first-order valence-corrected chi connectivity index (χ1v) is 8.54. The van der Waals surface area contributed by atoms with Crippen LogP contribution in [0.5, 0.6) is 5.75 Å². The smallest absolute Gasteiger partial charge is 0.310 e. The Morgan fingerprint density at radius 2 is 2.00 bits per heavy atom. The van der Waals surface area contributed by atoms with E-state index >= 15 is 0 Å². The maximum Gasteiger partial charge on any atom is 0.310 e. The molecule has 0 aliphatic carbocycles. The van der Waals surface area contributed by atoms with Gasteiger partial charge < -0.3 is 14.2 Å². The molecule has 0 aliphatic heterocycles. The van der Waals surface area contributed by atoms with E-state index in [-0.39, 0.29) is 23.7 Å². The van der Waals surface area contributed by atoms with Crippen molar-refractivity contribution in [3.8, 4) is 5.75 Å². The zero-order valence-electron chi connectivity index (χ0n) is 11.8. The van der Waals surface area contributed by atoms with Gasteiger partial charge in [-0.25, -0.2) is 8.42 Å². The van der Waals surface area contributed by atoms with Crippen molar-refractivity contribution in [2.45, 2.75) is 18.2 Å². The van der Waals surface area contributed by atoms with E-state index in [1.165, 1.54) is 19.2 Å². The molecule has 0 heterocycles. The van der Waals surface area contributed by atoms with E-state index in [1.54, 1.807) is 6.07 Å². The molecule has 1 aromatic rings. The third kappa shape index (κ3) is 5.91. The van der Waals surface area contributed by atoms with Crippen LogP contribution in [0.25, 0.3) is 0 Å². The van der Waals surface area contributed by atoms with E-state index in [9.17, 15) is 13.2 Å². The van der Waals surface area contributed by atoms with Crippen molar-refractivity contribution >= 4 is 25.7 Å². The van der Waals surface area contributed by atoms with Crippen molar-refractivity contribution in [1.29, 1.82) is 0 Å². The van der Waals surface area contributed by atoms with Crippen LogP contribution in [0.2, 0.25) is 0 Å². The largest absolute Gasteiger partial charge is 0.495 e. The third-order valence-corrected chi connectivity index (χ3v) is 3.88. The lowest BCUT2D eigenvalue weighted by atomic mass is 10.1. The van der Waals surface area contributed by atoms with Crippen LogP contribution in [0.15, 0.2) is 23.1 Å². The number of ether oxygens (including phenoxy) is 3. The molecule has 0 aliphatic rings. The normalized spacial score (nSPS) is 11.2. The fraction of sp³-hybridized carbons (Fsp3) is 0.462. The van der Waals surface area contributed by atoms with Crippen LogP contribution in [0, 0.1) is 0 Å². The standard InChI is InChI=1S/C13H17ClO6S/c1-3-19-6-7-20-13(15)9-10-4-5-11(18-2)12(8-10)21(14,16)17/h4-5,8H,3,6-7,9H2,1-2H3. The van der Waals surface area contributed by atoms with Crippen LogP contribution in [0.4, 0.5) is 0 Å². The first kappa shape index (κ1) is 17.7. The molecular formula is C13H17ClO6S. The summed E-state index contributed by atoms with van der Waals surface area (Å²) in [6.45, 7) is 2.87. The van der Waals surface area contributed by atoms with E-state index in [0.717, 1.165) is 0 Å². The van der Waals surface area contributed by atoms with Gasteiger partial charge in [-0.2, -0.15) is 0 Å². The Hall–Kier alpha value is -1.31. The molecule has 0 amide bonds. The Labute approximate surface area is 128 Å². The minimum absolute atomic E-state index is 0.0600. The van der Waals surface area contributed by atoms with Gasteiger partial charge in [0.1, 0.15) is 17.3 Å². The molecule has 6 nitrogen and oxygen atoms in total. The SMILES string of the molecule is CCOCCOC(=O)Cc1ccc(OC)c(S(=O)(=O)Cl)c1. The van der Waals surface area contributed by atoms with Crippen molar-refractivity contribution in [3.63, 3.8) is 0 Å². The highest BCUT2D eigenvalue weighted by Crippen LogP contribution is 2.28. The summed E-state index contributed by atoms with van der Waals surface area (Å²) < 4.78 is 37.8. The van der Waals surface area contributed by atoms with Gasteiger partial charge >= 0.3 is 5.97 Å². The molecule has 0 spiro atoms. The highest BCUT2D eigenvalue weighted by atomic mass is 35.7. The zero-order valence-corrected chi connectivity index (χ0v) is 13.4. The van der Waals surface area contributed by atoms with Gasteiger partial charge in [-0.1, -0.05) is 6.07 Å². The number of esters is 1. The summed E-state index contributed by atoms with van der Waals surface area (Å²) in [7, 11) is 2.71. The summed E-state index contributed by atoms with van der Waals surface area (Å²) in [6, 6.07) is 4.32. The fourth-order valence-electron chi connectivity index (χ4n) is 1.60. The summed E-state index contributed by atoms with van der Waals surface area (Å²) >= 11 is 0. The molecule has 0 aromatic heterocycles. The summed E-state index contributed by atoms with van der Waals surface area (Å²) in [5.74, 6) is -0.351. The maximum atomic E-state index is 11.6. The van der Waals surface area contributed by atoms with Gasteiger partial charge in [-0.05, 0) is 24.6 Å². The van der Waals surface area contributed by atoms with Crippen molar-refractivity contribution in [2.75, 3.05) is 26.9 Å². The minimum Gasteiger partial charge on any atom is -0.495 e. The first-order valence-electron chi connectivity index (χ1n) is 6.23. The van der Waals surface area contributed by atoms with Gasteiger partial charge in [0, 0.05) is 17.3 Å². The summed E-state index contributed by atoms with van der Waals surface area (Å²) in [5, 5.41) is 0. The molecule has 0 bridgehead atoms. The van der Waals surface area contributed by atoms with Crippen LogP contribution in [-0.4, -0.2) is 41.3 Å². The number of carbonyl (C=O) groups excluding carboxylic acids is 1. The highest BCUT2D eigenvalue weighted by Gasteiger charge is 2.18. The van der Waals surface area contributed by atoms with Gasteiger partial charge in [-0.3, -0.25) is 4.79 Å². The van der Waals surface area contributed by atoms with Gasteiger partial charge in [0.05, 0.1) is 20.1 Å². The Bertz CT molecular complexity index is 584. The lowest BCUT2D eigenvalue weighted by Gasteiger charge is -2.09. The van der Waals surface area contributed by atoms with Crippen molar-refractivity contribution in [1.82, 2.24) is 0 Å². The lowest BCUT2D eigenvalue weighted by molar-refractivity contribution is -0.144. The summed E-state index contributed by atoms with van der Waals surface area (Å²) in [6.07, 6.45) is -0.0600. The van der Waals surface area contributed by atoms with Gasteiger partial charge in [0.15, 0.2) is 0 Å². The van der Waals surface area contributed by atoms with Crippen molar-refractivity contribution in [3.05, 3.63) is 23.8 Å². The van der Waals surface area contributed by atoms with E-state index in [4.69, 9.17) is 24.9 Å². The topological polar surface area (TPSA) is 78.9 Å². The Kier molecular flexibility index (Phi) is 6.94. The molecule has 0 atom stereocenters. The second-order valence-corrected chi connectivity index (χ2v) is 6.55. The molecule has 0 unspecified atom stereocenters. The Balaban J connectivity index is 2.74. The van der Waals surface area contributed by atoms with Crippen LogP contribution >= 0.6 is 10.7 Å². The van der Waals surface area contributed by atoms with E-state index in [1.807, 2.05) is 6.92 Å². The first-order chi connectivity index (χ1) is 9.88. The predicted octanol–water partition coefficient (Wildman–Crippen LogP) is 1.74. The second-order valence-electron chi connectivity index (χ2n) is 4.02. The Morgan fingerprint density at radius 3 is 2.57 bits per heavy atom. The van der Waals surface area contributed by atoms with Gasteiger partial charge in [0.2, 0.25) is 0 Å². The average molecular weight is 337 g/mol. The molecule has 8 heteroatoms. The summed E-state index contributed by atoms with van der Waals surface area (Å²) in [4.78, 5) is 11.4. The van der Waals surface area contributed by atoms with E-state index in [2.05, 4.69) is 0 Å².